The first-order chi connectivity index (χ1) is 9.17. The van der Waals surface area contributed by atoms with Gasteiger partial charge in [-0.25, -0.2) is 0 Å². The van der Waals surface area contributed by atoms with Crippen molar-refractivity contribution < 1.29 is 4.74 Å². The Labute approximate surface area is 122 Å². The minimum absolute atomic E-state index is 0.546. The average Bonchev–Trinajstić information content (AvgIpc) is 2.35. The summed E-state index contributed by atoms with van der Waals surface area (Å²) in [4.78, 5) is 4.26. The SMILES string of the molecule is CCNCc1cc(Oc2cc(Cl)cc(Cl)c2)ccn1. The second kappa shape index (κ2) is 6.75. The number of nitrogens with one attached hydrogen (secondary N) is 1. The van der Waals surface area contributed by atoms with Gasteiger partial charge in [-0.15, -0.1) is 0 Å². The van der Waals surface area contributed by atoms with Crippen LogP contribution in [0.1, 0.15) is 12.6 Å². The van der Waals surface area contributed by atoms with Crippen LogP contribution in [-0.2, 0) is 6.54 Å². The van der Waals surface area contributed by atoms with Gasteiger partial charge in [0.1, 0.15) is 11.5 Å². The molecule has 1 N–H and O–H groups in total. The topological polar surface area (TPSA) is 34.1 Å². The van der Waals surface area contributed by atoms with Crippen molar-refractivity contribution in [3.63, 3.8) is 0 Å². The molecule has 2 aromatic rings. The first-order valence-electron chi connectivity index (χ1n) is 5.97. The zero-order valence-electron chi connectivity index (χ0n) is 10.5. The largest absolute Gasteiger partial charge is 0.457 e. The monoisotopic (exact) mass is 296 g/mol. The Morgan fingerprint density at radius 3 is 2.53 bits per heavy atom. The van der Waals surface area contributed by atoms with Gasteiger partial charge < -0.3 is 10.1 Å². The minimum atomic E-state index is 0.546. The van der Waals surface area contributed by atoms with E-state index in [1.54, 1.807) is 30.5 Å². The number of pyridine rings is 1. The fraction of sp³-hybridized carbons (Fsp3) is 0.214. The summed E-state index contributed by atoms with van der Waals surface area (Å²) in [5, 5.41) is 4.31. The summed E-state index contributed by atoms with van der Waals surface area (Å²) in [6.07, 6.45) is 1.72. The van der Waals surface area contributed by atoms with Gasteiger partial charge >= 0.3 is 0 Å². The van der Waals surface area contributed by atoms with Crippen molar-refractivity contribution in [1.82, 2.24) is 10.3 Å². The smallest absolute Gasteiger partial charge is 0.130 e. The van der Waals surface area contributed by atoms with E-state index in [1.807, 2.05) is 13.0 Å². The van der Waals surface area contributed by atoms with Crippen molar-refractivity contribution in [2.75, 3.05) is 6.54 Å². The van der Waals surface area contributed by atoms with Gasteiger partial charge in [-0.05, 0) is 30.8 Å². The van der Waals surface area contributed by atoms with Crippen LogP contribution in [0.4, 0.5) is 0 Å². The third-order valence-electron chi connectivity index (χ3n) is 2.42. The first-order valence-corrected chi connectivity index (χ1v) is 6.72. The molecule has 0 spiro atoms. The van der Waals surface area contributed by atoms with E-state index in [0.29, 0.717) is 28.1 Å². The van der Waals surface area contributed by atoms with Crippen LogP contribution in [0.15, 0.2) is 36.5 Å². The molecule has 5 heteroatoms. The number of rotatable bonds is 5. The normalized spacial score (nSPS) is 10.5. The fourth-order valence-corrected chi connectivity index (χ4v) is 2.10. The predicted octanol–water partition coefficient (Wildman–Crippen LogP) is 4.29. The van der Waals surface area contributed by atoms with Gasteiger partial charge in [0.25, 0.3) is 0 Å². The number of benzene rings is 1. The molecule has 0 radical (unpaired) electrons. The lowest BCUT2D eigenvalue weighted by atomic mass is 10.3. The summed E-state index contributed by atoms with van der Waals surface area (Å²) in [5.74, 6) is 1.32. The molecule has 0 saturated heterocycles. The van der Waals surface area contributed by atoms with Crippen molar-refractivity contribution >= 4 is 23.2 Å². The van der Waals surface area contributed by atoms with Crippen LogP contribution in [-0.4, -0.2) is 11.5 Å². The highest BCUT2D eigenvalue weighted by Crippen LogP contribution is 2.28. The molecular weight excluding hydrogens is 283 g/mol. The Balaban J connectivity index is 2.13. The Morgan fingerprint density at radius 2 is 1.84 bits per heavy atom. The van der Waals surface area contributed by atoms with Gasteiger partial charge in [-0.2, -0.15) is 0 Å². The van der Waals surface area contributed by atoms with E-state index >= 15 is 0 Å². The Kier molecular flexibility index (Phi) is 5.02. The molecule has 1 aromatic heterocycles. The lowest BCUT2D eigenvalue weighted by Crippen LogP contribution is -2.12. The third kappa shape index (κ3) is 4.39. The van der Waals surface area contributed by atoms with Gasteiger partial charge in [0, 0.05) is 28.9 Å². The number of hydrogen-bond acceptors (Lipinski definition) is 3. The Bertz CT molecular complexity index is 541. The van der Waals surface area contributed by atoms with Crippen LogP contribution < -0.4 is 10.1 Å². The lowest BCUT2D eigenvalue weighted by molar-refractivity contribution is 0.480. The van der Waals surface area contributed by atoms with Crippen LogP contribution in [0.5, 0.6) is 11.5 Å². The highest BCUT2D eigenvalue weighted by molar-refractivity contribution is 6.34. The summed E-state index contributed by atoms with van der Waals surface area (Å²) >= 11 is 11.9. The van der Waals surface area contributed by atoms with E-state index in [1.165, 1.54) is 0 Å². The van der Waals surface area contributed by atoms with E-state index < -0.39 is 0 Å². The molecule has 100 valence electrons. The summed E-state index contributed by atoms with van der Waals surface area (Å²) in [7, 11) is 0. The van der Waals surface area contributed by atoms with Crippen molar-refractivity contribution in [2.24, 2.45) is 0 Å². The average molecular weight is 297 g/mol. The maximum absolute atomic E-state index is 5.93. The molecule has 0 unspecified atom stereocenters. The molecular formula is C14H14Cl2N2O. The Morgan fingerprint density at radius 1 is 1.11 bits per heavy atom. The van der Waals surface area contributed by atoms with E-state index in [2.05, 4.69) is 10.3 Å². The van der Waals surface area contributed by atoms with Crippen LogP contribution in [0.2, 0.25) is 10.0 Å². The van der Waals surface area contributed by atoms with Crippen molar-refractivity contribution in [1.29, 1.82) is 0 Å². The maximum atomic E-state index is 5.93. The summed E-state index contributed by atoms with van der Waals surface area (Å²) in [5.41, 5.74) is 0.924. The zero-order chi connectivity index (χ0) is 13.7. The van der Waals surface area contributed by atoms with Crippen LogP contribution in [0.3, 0.4) is 0 Å². The molecule has 0 bridgehead atoms. The summed E-state index contributed by atoms with van der Waals surface area (Å²) in [6.45, 7) is 3.66. The molecule has 0 aliphatic rings. The van der Waals surface area contributed by atoms with Gasteiger partial charge in [0.15, 0.2) is 0 Å². The standard InChI is InChI=1S/C14H14Cl2N2O/c1-2-17-9-12-8-13(3-4-18-12)19-14-6-10(15)5-11(16)7-14/h3-8,17H,2,9H2,1H3. The second-order valence-corrected chi connectivity index (χ2v) is 4.84. The summed E-state index contributed by atoms with van der Waals surface area (Å²) < 4.78 is 5.72. The molecule has 0 aliphatic heterocycles. The number of halogens is 2. The number of nitrogens with zero attached hydrogens (tertiary/aromatic N) is 1. The Hall–Kier alpha value is -1.29. The van der Waals surface area contributed by atoms with Crippen molar-refractivity contribution in [3.8, 4) is 11.5 Å². The zero-order valence-corrected chi connectivity index (χ0v) is 12.0. The number of aromatic nitrogens is 1. The molecule has 3 nitrogen and oxygen atoms in total. The van der Waals surface area contributed by atoms with E-state index in [-0.39, 0.29) is 0 Å². The van der Waals surface area contributed by atoms with Crippen LogP contribution in [0, 0.1) is 0 Å². The lowest BCUT2D eigenvalue weighted by Gasteiger charge is -2.08. The molecule has 0 fully saturated rings. The molecule has 0 aliphatic carbocycles. The van der Waals surface area contributed by atoms with Crippen molar-refractivity contribution in [3.05, 3.63) is 52.3 Å². The minimum Gasteiger partial charge on any atom is -0.457 e. The van der Waals surface area contributed by atoms with Crippen molar-refractivity contribution in [2.45, 2.75) is 13.5 Å². The third-order valence-corrected chi connectivity index (χ3v) is 2.85. The van der Waals surface area contributed by atoms with Gasteiger partial charge in [-0.3, -0.25) is 4.98 Å². The molecule has 1 heterocycles. The van der Waals surface area contributed by atoms with E-state index in [0.717, 1.165) is 12.2 Å². The van der Waals surface area contributed by atoms with Gasteiger partial charge in [-0.1, -0.05) is 30.1 Å². The van der Waals surface area contributed by atoms with Gasteiger partial charge in [0.05, 0.1) is 5.69 Å². The highest BCUT2D eigenvalue weighted by Gasteiger charge is 2.03. The highest BCUT2D eigenvalue weighted by atomic mass is 35.5. The quantitative estimate of drug-likeness (QED) is 0.894. The first kappa shape index (κ1) is 14.1. The molecule has 2 rings (SSSR count). The molecule has 0 atom stereocenters. The van der Waals surface area contributed by atoms with E-state index in [9.17, 15) is 0 Å². The molecule has 1 aromatic carbocycles. The summed E-state index contributed by atoms with van der Waals surface area (Å²) in [6, 6.07) is 8.79. The number of hydrogen-bond donors (Lipinski definition) is 1. The van der Waals surface area contributed by atoms with Gasteiger partial charge in [0.2, 0.25) is 0 Å². The van der Waals surface area contributed by atoms with Crippen LogP contribution in [0.25, 0.3) is 0 Å². The fourth-order valence-electron chi connectivity index (χ4n) is 1.59. The molecule has 0 saturated carbocycles. The molecule has 0 amide bonds. The predicted molar refractivity (Wildman–Crippen MR) is 78.2 cm³/mol. The van der Waals surface area contributed by atoms with Crippen LogP contribution >= 0.6 is 23.2 Å². The maximum Gasteiger partial charge on any atom is 0.130 e. The molecule has 19 heavy (non-hydrogen) atoms. The second-order valence-electron chi connectivity index (χ2n) is 3.97. The number of ether oxygens (including phenoxy) is 1. The van der Waals surface area contributed by atoms with E-state index in [4.69, 9.17) is 27.9 Å².